The average Bonchev–Trinajstić information content (AvgIpc) is 2.49. The van der Waals surface area contributed by atoms with E-state index in [0.717, 1.165) is 45.0 Å². The Labute approximate surface area is 113 Å². The van der Waals surface area contributed by atoms with E-state index in [2.05, 4.69) is 10.2 Å². The Hall–Kier alpha value is -1.13. The minimum absolute atomic E-state index is 0.152. The second-order valence-electron chi connectivity index (χ2n) is 5.31. The van der Waals surface area contributed by atoms with E-state index in [1.807, 2.05) is 6.07 Å². The highest BCUT2D eigenvalue weighted by Crippen LogP contribution is 2.32. The molecule has 3 rings (SSSR count). The summed E-state index contributed by atoms with van der Waals surface area (Å²) < 4.78 is 19.0. The molecular formula is C15H21FN2O. The van der Waals surface area contributed by atoms with E-state index < -0.39 is 0 Å². The lowest BCUT2D eigenvalue weighted by Crippen LogP contribution is -2.38. The molecule has 2 fully saturated rings. The number of halogens is 1. The van der Waals surface area contributed by atoms with Gasteiger partial charge in [0.25, 0.3) is 0 Å². The van der Waals surface area contributed by atoms with Crippen LogP contribution >= 0.6 is 0 Å². The maximum absolute atomic E-state index is 13.6. The monoisotopic (exact) mass is 264 g/mol. The Morgan fingerprint density at radius 3 is 2.79 bits per heavy atom. The summed E-state index contributed by atoms with van der Waals surface area (Å²) in [5, 5.41) is 3.55. The molecule has 0 aliphatic carbocycles. The zero-order chi connectivity index (χ0) is 13.1. The van der Waals surface area contributed by atoms with Crippen LogP contribution in [0.1, 0.15) is 30.9 Å². The summed E-state index contributed by atoms with van der Waals surface area (Å²) in [5.41, 5.74) is 2.28. The summed E-state index contributed by atoms with van der Waals surface area (Å²) >= 11 is 0. The van der Waals surface area contributed by atoms with Crippen molar-refractivity contribution in [1.82, 2.24) is 5.32 Å². The fourth-order valence-corrected chi connectivity index (χ4v) is 3.01. The first kappa shape index (κ1) is 12.9. The normalized spacial score (nSPS) is 24.5. The van der Waals surface area contributed by atoms with E-state index in [9.17, 15) is 4.39 Å². The van der Waals surface area contributed by atoms with Crippen LogP contribution in [0.15, 0.2) is 18.2 Å². The molecule has 2 aliphatic heterocycles. The Morgan fingerprint density at radius 1 is 1.21 bits per heavy atom. The first-order valence-electron chi connectivity index (χ1n) is 7.20. The topological polar surface area (TPSA) is 24.5 Å². The predicted molar refractivity (Wildman–Crippen MR) is 74.0 cm³/mol. The second-order valence-corrected chi connectivity index (χ2v) is 5.31. The molecule has 0 amide bonds. The molecule has 2 aliphatic rings. The summed E-state index contributed by atoms with van der Waals surface area (Å²) in [4.78, 5) is 2.25. The number of rotatable bonds is 2. The van der Waals surface area contributed by atoms with Crippen molar-refractivity contribution in [3.63, 3.8) is 0 Å². The fourth-order valence-electron chi connectivity index (χ4n) is 3.01. The zero-order valence-electron chi connectivity index (χ0n) is 11.2. The van der Waals surface area contributed by atoms with Gasteiger partial charge in [-0.15, -0.1) is 0 Å². The van der Waals surface area contributed by atoms with Gasteiger partial charge < -0.3 is 15.0 Å². The Morgan fingerprint density at radius 2 is 2.05 bits per heavy atom. The number of piperidine rings is 1. The van der Waals surface area contributed by atoms with Crippen molar-refractivity contribution >= 4 is 5.69 Å². The van der Waals surface area contributed by atoms with Gasteiger partial charge in [0.05, 0.1) is 13.2 Å². The van der Waals surface area contributed by atoms with Gasteiger partial charge in [-0.05, 0) is 37.1 Å². The van der Waals surface area contributed by atoms with Crippen LogP contribution in [0.25, 0.3) is 0 Å². The van der Waals surface area contributed by atoms with Gasteiger partial charge in [-0.2, -0.15) is 0 Å². The Bertz CT molecular complexity index is 426. The smallest absolute Gasteiger partial charge is 0.125 e. The lowest BCUT2D eigenvalue weighted by atomic mass is 9.95. The van der Waals surface area contributed by atoms with Crippen LogP contribution in [0, 0.1) is 5.82 Å². The van der Waals surface area contributed by atoms with Crippen LogP contribution in [0.5, 0.6) is 0 Å². The minimum atomic E-state index is -0.152. The summed E-state index contributed by atoms with van der Waals surface area (Å²) in [6.07, 6.45) is 3.63. The first-order valence-corrected chi connectivity index (χ1v) is 7.20. The number of morpholine rings is 1. The van der Waals surface area contributed by atoms with Crippen molar-refractivity contribution in [2.45, 2.75) is 25.3 Å². The third kappa shape index (κ3) is 2.90. The molecule has 3 nitrogen and oxygen atoms in total. The summed E-state index contributed by atoms with van der Waals surface area (Å²) in [6.45, 7) is 4.22. The highest BCUT2D eigenvalue weighted by molar-refractivity contribution is 5.55. The summed E-state index contributed by atoms with van der Waals surface area (Å²) in [6, 6.07) is 5.57. The average molecular weight is 264 g/mol. The molecule has 1 atom stereocenters. The van der Waals surface area contributed by atoms with E-state index in [4.69, 9.17) is 4.74 Å². The Kier molecular flexibility index (Phi) is 3.99. The molecule has 4 heteroatoms. The molecule has 19 heavy (non-hydrogen) atoms. The van der Waals surface area contributed by atoms with Crippen LogP contribution in [-0.4, -0.2) is 32.8 Å². The number of ether oxygens (including phenoxy) is 1. The minimum Gasteiger partial charge on any atom is -0.378 e. The van der Waals surface area contributed by atoms with Crippen molar-refractivity contribution in [3.05, 3.63) is 29.6 Å². The van der Waals surface area contributed by atoms with Crippen molar-refractivity contribution in [2.24, 2.45) is 0 Å². The molecule has 1 unspecified atom stereocenters. The molecule has 0 spiro atoms. The van der Waals surface area contributed by atoms with Crippen molar-refractivity contribution in [2.75, 3.05) is 37.7 Å². The molecule has 2 heterocycles. The van der Waals surface area contributed by atoms with E-state index in [-0.39, 0.29) is 5.82 Å². The number of benzene rings is 1. The lowest BCUT2D eigenvalue weighted by Gasteiger charge is -2.33. The van der Waals surface area contributed by atoms with Crippen LogP contribution in [0.3, 0.4) is 0 Å². The molecule has 1 aromatic rings. The SMILES string of the molecule is Fc1ccc(C2CCCCN2)c(N2CCOCC2)c1. The quantitative estimate of drug-likeness (QED) is 0.888. The fraction of sp³-hybridized carbons (Fsp3) is 0.600. The Balaban J connectivity index is 1.88. The second kappa shape index (κ2) is 5.88. The van der Waals surface area contributed by atoms with Gasteiger partial charge in [0, 0.05) is 24.8 Å². The maximum Gasteiger partial charge on any atom is 0.125 e. The third-order valence-corrected chi connectivity index (χ3v) is 4.03. The molecule has 1 aromatic carbocycles. The van der Waals surface area contributed by atoms with Gasteiger partial charge in [0.1, 0.15) is 5.82 Å². The van der Waals surface area contributed by atoms with E-state index in [1.54, 1.807) is 12.1 Å². The van der Waals surface area contributed by atoms with Crippen LogP contribution in [-0.2, 0) is 4.74 Å². The van der Waals surface area contributed by atoms with Crippen LogP contribution in [0.4, 0.5) is 10.1 Å². The molecular weight excluding hydrogens is 243 g/mol. The van der Waals surface area contributed by atoms with Crippen molar-refractivity contribution in [3.8, 4) is 0 Å². The van der Waals surface area contributed by atoms with E-state index in [0.29, 0.717) is 6.04 Å². The molecule has 1 N–H and O–H groups in total. The number of anilines is 1. The number of nitrogens with one attached hydrogen (secondary N) is 1. The predicted octanol–water partition coefficient (Wildman–Crippen LogP) is 2.48. The summed E-state index contributed by atoms with van der Waals surface area (Å²) in [5.74, 6) is -0.152. The van der Waals surface area contributed by atoms with Gasteiger partial charge in [-0.1, -0.05) is 12.5 Å². The molecule has 0 radical (unpaired) electrons. The van der Waals surface area contributed by atoms with Crippen LogP contribution < -0.4 is 10.2 Å². The molecule has 0 bridgehead atoms. The van der Waals surface area contributed by atoms with Gasteiger partial charge in [0.15, 0.2) is 0 Å². The van der Waals surface area contributed by atoms with Crippen molar-refractivity contribution < 1.29 is 9.13 Å². The molecule has 2 saturated heterocycles. The van der Waals surface area contributed by atoms with Gasteiger partial charge in [0.2, 0.25) is 0 Å². The third-order valence-electron chi connectivity index (χ3n) is 4.03. The number of hydrogen-bond donors (Lipinski definition) is 1. The van der Waals surface area contributed by atoms with Crippen molar-refractivity contribution in [1.29, 1.82) is 0 Å². The van der Waals surface area contributed by atoms with Gasteiger partial charge in [-0.3, -0.25) is 0 Å². The van der Waals surface area contributed by atoms with Gasteiger partial charge >= 0.3 is 0 Å². The lowest BCUT2D eigenvalue weighted by molar-refractivity contribution is 0.122. The van der Waals surface area contributed by atoms with Gasteiger partial charge in [-0.25, -0.2) is 4.39 Å². The standard InChI is InChI=1S/C15H21FN2O/c16-12-4-5-13(14-3-1-2-6-17-14)15(11-12)18-7-9-19-10-8-18/h4-5,11,14,17H,1-3,6-10H2. The molecule has 0 saturated carbocycles. The highest BCUT2D eigenvalue weighted by Gasteiger charge is 2.22. The van der Waals surface area contributed by atoms with E-state index in [1.165, 1.54) is 18.4 Å². The number of hydrogen-bond acceptors (Lipinski definition) is 3. The zero-order valence-corrected chi connectivity index (χ0v) is 11.2. The largest absolute Gasteiger partial charge is 0.378 e. The van der Waals surface area contributed by atoms with E-state index >= 15 is 0 Å². The van der Waals surface area contributed by atoms with Crippen LogP contribution in [0.2, 0.25) is 0 Å². The summed E-state index contributed by atoms with van der Waals surface area (Å²) in [7, 11) is 0. The molecule has 0 aromatic heterocycles. The first-order chi connectivity index (χ1) is 9.34. The molecule has 104 valence electrons. The highest BCUT2D eigenvalue weighted by atomic mass is 19.1. The number of nitrogens with zero attached hydrogens (tertiary/aromatic N) is 1. The maximum atomic E-state index is 13.6.